The molecule has 0 saturated heterocycles. The SMILES string of the molecule is C\C=C/C(=C\C=C(/C)NC=O)c1c(C(=O)OCC)cn2ncnc(N)c12. The van der Waals surface area contributed by atoms with Gasteiger partial charge in [-0.25, -0.2) is 14.3 Å². The topological polar surface area (TPSA) is 112 Å². The van der Waals surface area contributed by atoms with Gasteiger partial charge in [-0.2, -0.15) is 5.10 Å². The maximum absolute atomic E-state index is 12.4. The smallest absolute Gasteiger partial charge is 0.340 e. The summed E-state index contributed by atoms with van der Waals surface area (Å²) >= 11 is 0. The van der Waals surface area contributed by atoms with Gasteiger partial charge in [-0.3, -0.25) is 4.79 Å². The summed E-state index contributed by atoms with van der Waals surface area (Å²) in [6, 6.07) is 0. The second-order valence-corrected chi connectivity index (χ2v) is 5.31. The molecule has 0 fully saturated rings. The molecule has 2 rings (SSSR count). The number of nitrogens with two attached hydrogens (primary N) is 1. The Morgan fingerprint density at radius 3 is 2.85 bits per heavy atom. The number of nitrogens with one attached hydrogen (secondary N) is 1. The molecule has 8 heteroatoms. The number of hydrogen-bond acceptors (Lipinski definition) is 6. The molecule has 0 bridgehead atoms. The van der Waals surface area contributed by atoms with Crippen LogP contribution in [0.1, 0.15) is 36.7 Å². The molecule has 136 valence electrons. The zero-order valence-corrected chi connectivity index (χ0v) is 14.9. The molecule has 0 saturated carbocycles. The van der Waals surface area contributed by atoms with E-state index in [1.807, 2.05) is 19.1 Å². The van der Waals surface area contributed by atoms with Crippen molar-refractivity contribution in [3.05, 3.63) is 53.7 Å². The number of carbonyl (C=O) groups excluding carboxylic acids is 2. The van der Waals surface area contributed by atoms with E-state index in [-0.39, 0.29) is 12.4 Å². The third-order valence-corrected chi connectivity index (χ3v) is 3.53. The van der Waals surface area contributed by atoms with Crippen LogP contribution in [0.25, 0.3) is 11.1 Å². The van der Waals surface area contributed by atoms with Crippen LogP contribution in [0.2, 0.25) is 0 Å². The van der Waals surface area contributed by atoms with Crippen molar-refractivity contribution in [3.63, 3.8) is 0 Å². The Labute approximate surface area is 151 Å². The highest BCUT2D eigenvalue weighted by Crippen LogP contribution is 2.30. The van der Waals surface area contributed by atoms with E-state index in [9.17, 15) is 9.59 Å². The molecule has 2 heterocycles. The number of fused-ring (bicyclic) bond motifs is 1. The fourth-order valence-corrected chi connectivity index (χ4v) is 2.45. The first-order valence-corrected chi connectivity index (χ1v) is 8.04. The Hall–Kier alpha value is -3.42. The van der Waals surface area contributed by atoms with Crippen molar-refractivity contribution in [3.8, 4) is 0 Å². The van der Waals surface area contributed by atoms with E-state index in [0.717, 1.165) is 0 Å². The first kappa shape index (κ1) is 18.9. The van der Waals surface area contributed by atoms with E-state index in [1.54, 1.807) is 32.2 Å². The zero-order chi connectivity index (χ0) is 19.1. The van der Waals surface area contributed by atoms with Crippen LogP contribution in [-0.2, 0) is 9.53 Å². The minimum Gasteiger partial charge on any atom is -0.462 e. The average molecular weight is 355 g/mol. The quantitative estimate of drug-likeness (QED) is 0.447. The fraction of sp³-hybridized carbons (Fsp3) is 0.222. The molecule has 0 aliphatic heterocycles. The standard InChI is InChI=1S/C18H21N5O3/c1-4-6-13(8-7-12(3)21-11-24)15-14(18(25)26-5-2)9-23-16(15)17(19)20-10-22-23/h4,6-11H,5H2,1-3H3,(H,21,24)(H2,19,20,22)/b6-4-,12-7+,13-8+. The lowest BCUT2D eigenvalue weighted by atomic mass is 10.0. The summed E-state index contributed by atoms with van der Waals surface area (Å²) in [5.41, 5.74) is 8.78. The minimum atomic E-state index is -0.477. The number of rotatable bonds is 7. The van der Waals surface area contributed by atoms with E-state index < -0.39 is 5.97 Å². The van der Waals surface area contributed by atoms with E-state index in [2.05, 4.69) is 15.4 Å². The molecule has 26 heavy (non-hydrogen) atoms. The van der Waals surface area contributed by atoms with Crippen molar-refractivity contribution in [2.75, 3.05) is 12.3 Å². The summed E-state index contributed by atoms with van der Waals surface area (Å²) in [5.74, 6) is -0.234. The van der Waals surface area contributed by atoms with Gasteiger partial charge >= 0.3 is 5.97 Å². The molecule has 0 aliphatic carbocycles. The first-order valence-electron chi connectivity index (χ1n) is 8.04. The number of carbonyl (C=O) groups is 2. The number of amides is 1. The van der Waals surface area contributed by atoms with Gasteiger partial charge in [-0.05, 0) is 32.4 Å². The number of nitrogens with zero attached hydrogens (tertiary/aromatic N) is 3. The van der Waals surface area contributed by atoms with Crippen molar-refractivity contribution in [1.82, 2.24) is 19.9 Å². The Kier molecular flexibility index (Phi) is 6.26. The van der Waals surface area contributed by atoms with Crippen LogP contribution in [0.15, 0.2) is 42.5 Å². The predicted octanol–water partition coefficient (Wildman–Crippen LogP) is 2.10. The summed E-state index contributed by atoms with van der Waals surface area (Å²) in [6.45, 7) is 5.59. The number of hydrogen-bond donors (Lipinski definition) is 2. The molecule has 8 nitrogen and oxygen atoms in total. The summed E-state index contributed by atoms with van der Waals surface area (Å²) in [5, 5.41) is 6.69. The molecule has 0 unspecified atom stereocenters. The van der Waals surface area contributed by atoms with Crippen molar-refractivity contribution >= 4 is 29.3 Å². The normalized spacial score (nSPS) is 12.6. The number of esters is 1. The third-order valence-electron chi connectivity index (χ3n) is 3.53. The molecule has 2 aromatic heterocycles. The van der Waals surface area contributed by atoms with Gasteiger partial charge < -0.3 is 15.8 Å². The minimum absolute atomic E-state index is 0.243. The van der Waals surface area contributed by atoms with E-state index in [4.69, 9.17) is 10.5 Å². The first-order chi connectivity index (χ1) is 12.5. The van der Waals surface area contributed by atoms with Gasteiger partial charge in [0.1, 0.15) is 11.8 Å². The van der Waals surface area contributed by atoms with Crippen LogP contribution in [0.5, 0.6) is 0 Å². The molecule has 1 amide bonds. The summed E-state index contributed by atoms with van der Waals surface area (Å²) in [4.78, 5) is 27.0. The van der Waals surface area contributed by atoms with Gasteiger partial charge in [0.25, 0.3) is 0 Å². The Balaban J connectivity index is 2.75. The predicted molar refractivity (Wildman–Crippen MR) is 99.1 cm³/mol. The molecular formula is C18H21N5O3. The lowest BCUT2D eigenvalue weighted by Crippen LogP contribution is -2.07. The van der Waals surface area contributed by atoms with Gasteiger partial charge in [-0.15, -0.1) is 0 Å². The van der Waals surface area contributed by atoms with Crippen LogP contribution < -0.4 is 11.1 Å². The van der Waals surface area contributed by atoms with Crippen molar-refractivity contribution in [2.24, 2.45) is 0 Å². The Morgan fingerprint density at radius 2 is 2.19 bits per heavy atom. The largest absolute Gasteiger partial charge is 0.462 e. The molecule has 0 atom stereocenters. The van der Waals surface area contributed by atoms with Gasteiger partial charge in [0.05, 0.1) is 12.2 Å². The number of allylic oxidation sites excluding steroid dienone is 6. The second kappa shape index (κ2) is 8.61. The zero-order valence-electron chi connectivity index (χ0n) is 14.9. The summed E-state index contributed by atoms with van der Waals surface area (Å²) in [6.07, 6.45) is 10.6. The van der Waals surface area contributed by atoms with E-state index >= 15 is 0 Å². The van der Waals surface area contributed by atoms with Crippen LogP contribution in [-0.4, -0.2) is 33.6 Å². The third kappa shape index (κ3) is 3.97. The van der Waals surface area contributed by atoms with Gasteiger partial charge in [0, 0.05) is 17.5 Å². The van der Waals surface area contributed by atoms with Crippen LogP contribution in [0.4, 0.5) is 5.82 Å². The number of aromatic nitrogens is 3. The molecule has 3 N–H and O–H groups in total. The fourth-order valence-electron chi connectivity index (χ4n) is 2.45. The number of nitrogen functional groups attached to an aromatic ring is 1. The lowest BCUT2D eigenvalue weighted by molar-refractivity contribution is -0.108. The molecule has 0 radical (unpaired) electrons. The highest BCUT2D eigenvalue weighted by atomic mass is 16.5. The van der Waals surface area contributed by atoms with Crippen LogP contribution in [0.3, 0.4) is 0 Å². The lowest BCUT2D eigenvalue weighted by Gasteiger charge is -2.07. The Morgan fingerprint density at radius 1 is 1.42 bits per heavy atom. The van der Waals surface area contributed by atoms with Crippen molar-refractivity contribution in [2.45, 2.75) is 20.8 Å². The maximum Gasteiger partial charge on any atom is 0.340 e. The van der Waals surface area contributed by atoms with Gasteiger partial charge in [-0.1, -0.05) is 18.2 Å². The molecule has 0 aromatic carbocycles. The molecular weight excluding hydrogens is 334 g/mol. The van der Waals surface area contributed by atoms with Crippen LogP contribution >= 0.6 is 0 Å². The van der Waals surface area contributed by atoms with Gasteiger partial charge in [0.2, 0.25) is 6.41 Å². The number of anilines is 1. The van der Waals surface area contributed by atoms with Crippen molar-refractivity contribution in [1.29, 1.82) is 0 Å². The maximum atomic E-state index is 12.4. The highest BCUT2D eigenvalue weighted by Gasteiger charge is 2.22. The molecule has 0 spiro atoms. The average Bonchev–Trinajstić information content (AvgIpc) is 3.00. The second-order valence-electron chi connectivity index (χ2n) is 5.31. The molecule has 2 aromatic rings. The Bertz CT molecular complexity index is 909. The van der Waals surface area contributed by atoms with Crippen LogP contribution in [0, 0.1) is 0 Å². The summed E-state index contributed by atoms with van der Waals surface area (Å²) in [7, 11) is 0. The monoisotopic (exact) mass is 355 g/mol. The highest BCUT2D eigenvalue weighted by molar-refractivity contribution is 6.03. The number of ether oxygens (including phenoxy) is 1. The van der Waals surface area contributed by atoms with E-state index in [1.165, 1.54) is 10.8 Å². The van der Waals surface area contributed by atoms with Gasteiger partial charge in [0.15, 0.2) is 5.82 Å². The van der Waals surface area contributed by atoms with Crippen molar-refractivity contribution < 1.29 is 14.3 Å². The summed E-state index contributed by atoms with van der Waals surface area (Å²) < 4.78 is 6.67. The van der Waals surface area contributed by atoms with E-state index in [0.29, 0.717) is 34.3 Å². The molecule has 0 aliphatic rings.